The molecule has 0 bridgehead atoms. The maximum Gasteiger partial charge on any atom is 0.266 e. The highest BCUT2D eigenvalue weighted by molar-refractivity contribution is 9.10. The number of rotatable bonds is 3. The molecule has 3 N–H and O–H groups in total. The van der Waals surface area contributed by atoms with Gasteiger partial charge in [0, 0.05) is 28.7 Å². The molecule has 1 aromatic carbocycles. The first kappa shape index (κ1) is 14.8. The monoisotopic (exact) mass is 355 g/mol. The van der Waals surface area contributed by atoms with E-state index < -0.39 is 0 Å². The average Bonchev–Trinajstić information content (AvgIpc) is 2.75. The Hall–Kier alpha value is -1.60. The first-order valence-electron chi connectivity index (χ1n) is 5.87. The van der Waals surface area contributed by atoms with Crippen molar-refractivity contribution in [1.82, 2.24) is 10.2 Å². The first-order chi connectivity index (χ1) is 9.43. The van der Waals surface area contributed by atoms with Crippen LogP contribution in [0.1, 0.15) is 9.67 Å². The summed E-state index contributed by atoms with van der Waals surface area (Å²) in [6, 6.07) is 5.70. The number of hydrogen-bond donors (Lipinski definition) is 2. The fraction of sp³-hybridized carbons (Fsp3) is 0.231. The molecule has 2 amide bonds. The topological polar surface area (TPSA) is 75.4 Å². The van der Waals surface area contributed by atoms with E-state index in [9.17, 15) is 9.59 Å². The van der Waals surface area contributed by atoms with E-state index in [1.807, 2.05) is 18.2 Å². The minimum Gasteiger partial charge on any atom is -0.397 e. The van der Waals surface area contributed by atoms with Gasteiger partial charge in [-0.3, -0.25) is 9.59 Å². The Labute approximate surface area is 128 Å². The van der Waals surface area contributed by atoms with E-state index in [1.165, 1.54) is 23.3 Å². The van der Waals surface area contributed by atoms with Crippen LogP contribution in [0.4, 0.5) is 5.69 Å². The predicted octanol–water partition coefficient (Wildman–Crippen LogP) is 2.06. The molecule has 0 radical (unpaired) electrons. The molecule has 2 aromatic rings. The van der Waals surface area contributed by atoms with Crippen LogP contribution in [0.3, 0.4) is 0 Å². The van der Waals surface area contributed by atoms with Gasteiger partial charge in [0.2, 0.25) is 5.91 Å². The fourth-order valence-corrected chi connectivity index (χ4v) is 3.25. The molecule has 0 spiro atoms. The van der Waals surface area contributed by atoms with Gasteiger partial charge in [-0.25, -0.2) is 0 Å². The van der Waals surface area contributed by atoms with Gasteiger partial charge in [-0.15, -0.1) is 11.3 Å². The maximum absolute atomic E-state index is 12.3. The molecule has 5 nitrogen and oxygen atoms in total. The maximum atomic E-state index is 12.3. The average molecular weight is 356 g/mol. The Morgan fingerprint density at radius 2 is 2.15 bits per heavy atom. The molecule has 0 atom stereocenters. The summed E-state index contributed by atoms with van der Waals surface area (Å²) >= 11 is 4.72. The smallest absolute Gasteiger partial charge is 0.266 e. The van der Waals surface area contributed by atoms with Crippen molar-refractivity contribution in [3.05, 3.63) is 27.5 Å². The van der Waals surface area contributed by atoms with Crippen LogP contribution in [0, 0.1) is 0 Å². The Kier molecular flexibility index (Phi) is 4.29. The van der Waals surface area contributed by atoms with Crippen molar-refractivity contribution in [3.8, 4) is 0 Å². The number of likely N-dealkylation sites (N-methyl/N-ethyl adjacent to an activating group) is 2. The summed E-state index contributed by atoms with van der Waals surface area (Å²) in [5.41, 5.74) is 6.51. The summed E-state index contributed by atoms with van der Waals surface area (Å²) < 4.78 is 1.86. The minimum atomic E-state index is -0.247. The van der Waals surface area contributed by atoms with Crippen molar-refractivity contribution in [2.24, 2.45) is 0 Å². The quantitative estimate of drug-likeness (QED) is 0.884. The van der Waals surface area contributed by atoms with E-state index in [-0.39, 0.29) is 18.4 Å². The molecule has 0 saturated heterocycles. The van der Waals surface area contributed by atoms with Crippen LogP contribution in [-0.2, 0) is 4.79 Å². The Balaban J connectivity index is 2.35. The number of nitrogens with two attached hydrogens (primary N) is 1. The van der Waals surface area contributed by atoms with Crippen molar-refractivity contribution in [3.63, 3.8) is 0 Å². The molecule has 0 aliphatic carbocycles. The summed E-state index contributed by atoms with van der Waals surface area (Å²) in [5.74, 6) is -0.466. The van der Waals surface area contributed by atoms with E-state index in [0.717, 1.165) is 14.6 Å². The number of thiophene rings is 1. The number of nitrogen functional groups attached to an aromatic ring is 1. The highest BCUT2D eigenvalue weighted by Crippen LogP contribution is 2.35. The van der Waals surface area contributed by atoms with Crippen LogP contribution in [0.5, 0.6) is 0 Å². The lowest BCUT2D eigenvalue weighted by molar-refractivity contribution is -0.121. The summed E-state index contributed by atoms with van der Waals surface area (Å²) in [4.78, 5) is 25.5. The van der Waals surface area contributed by atoms with Crippen LogP contribution >= 0.6 is 27.3 Å². The lowest BCUT2D eigenvalue weighted by atomic mass is 10.2. The van der Waals surface area contributed by atoms with Gasteiger partial charge in [0.1, 0.15) is 4.88 Å². The van der Waals surface area contributed by atoms with Crippen molar-refractivity contribution < 1.29 is 9.59 Å². The number of halogens is 1. The standard InChI is InChI=1S/C13H14BrN3O2S/c1-16-10(18)6-17(2)13(19)12-11(15)8-5-7(14)3-4-9(8)20-12/h3-5H,6,15H2,1-2H3,(H,16,18). The van der Waals surface area contributed by atoms with Crippen molar-refractivity contribution in [2.45, 2.75) is 0 Å². The van der Waals surface area contributed by atoms with E-state index in [4.69, 9.17) is 5.73 Å². The number of amides is 2. The Bertz CT molecular complexity index is 684. The molecule has 1 aromatic heterocycles. The van der Waals surface area contributed by atoms with Gasteiger partial charge in [0.05, 0.1) is 12.2 Å². The highest BCUT2D eigenvalue weighted by atomic mass is 79.9. The van der Waals surface area contributed by atoms with Crippen LogP contribution in [0.25, 0.3) is 10.1 Å². The number of benzene rings is 1. The van der Waals surface area contributed by atoms with Gasteiger partial charge < -0.3 is 16.0 Å². The normalized spacial score (nSPS) is 10.6. The molecule has 0 saturated carbocycles. The largest absolute Gasteiger partial charge is 0.397 e. The van der Waals surface area contributed by atoms with Gasteiger partial charge in [0.15, 0.2) is 0 Å². The predicted molar refractivity (Wildman–Crippen MR) is 85.0 cm³/mol. The van der Waals surface area contributed by atoms with Crippen molar-refractivity contribution >= 4 is 54.9 Å². The molecule has 0 fully saturated rings. The Morgan fingerprint density at radius 1 is 1.45 bits per heavy atom. The lowest BCUT2D eigenvalue weighted by Gasteiger charge is -2.15. The summed E-state index contributed by atoms with van der Waals surface area (Å²) in [6.45, 7) is 0.00666. The fourth-order valence-electron chi connectivity index (χ4n) is 1.79. The molecule has 0 unspecified atom stereocenters. The van der Waals surface area contributed by atoms with Gasteiger partial charge in [0.25, 0.3) is 5.91 Å². The van der Waals surface area contributed by atoms with Crippen LogP contribution in [0.15, 0.2) is 22.7 Å². The zero-order valence-corrected chi connectivity index (χ0v) is 13.5. The van der Waals surface area contributed by atoms with Gasteiger partial charge in [-0.1, -0.05) is 15.9 Å². The number of anilines is 1. The number of carbonyl (C=O) groups excluding carboxylic acids is 2. The van der Waals surface area contributed by atoms with E-state index >= 15 is 0 Å². The second kappa shape index (κ2) is 5.80. The molecule has 106 valence electrons. The molecular formula is C13H14BrN3O2S. The molecule has 0 aliphatic heterocycles. The first-order valence-corrected chi connectivity index (χ1v) is 7.48. The molecule has 2 rings (SSSR count). The summed E-state index contributed by atoms with van der Waals surface area (Å²) in [5, 5.41) is 3.33. The minimum absolute atomic E-state index is 0.00666. The van der Waals surface area contributed by atoms with Crippen LogP contribution < -0.4 is 11.1 Å². The Morgan fingerprint density at radius 3 is 2.80 bits per heavy atom. The lowest BCUT2D eigenvalue weighted by Crippen LogP contribution is -2.36. The second-order valence-electron chi connectivity index (χ2n) is 4.32. The van der Waals surface area contributed by atoms with E-state index in [0.29, 0.717) is 10.6 Å². The van der Waals surface area contributed by atoms with Crippen LogP contribution in [0.2, 0.25) is 0 Å². The second-order valence-corrected chi connectivity index (χ2v) is 6.29. The molecule has 1 heterocycles. The number of nitrogens with one attached hydrogen (secondary N) is 1. The third kappa shape index (κ3) is 2.78. The van der Waals surface area contributed by atoms with Crippen LogP contribution in [-0.4, -0.2) is 37.4 Å². The molecule has 20 heavy (non-hydrogen) atoms. The van der Waals surface area contributed by atoms with Gasteiger partial charge >= 0.3 is 0 Å². The third-order valence-electron chi connectivity index (χ3n) is 2.89. The number of nitrogens with zero attached hydrogens (tertiary/aromatic N) is 1. The molecule has 7 heteroatoms. The van der Waals surface area contributed by atoms with Crippen molar-refractivity contribution in [1.29, 1.82) is 0 Å². The molecular weight excluding hydrogens is 342 g/mol. The van der Waals surface area contributed by atoms with Crippen molar-refractivity contribution in [2.75, 3.05) is 26.4 Å². The highest BCUT2D eigenvalue weighted by Gasteiger charge is 2.21. The third-order valence-corrected chi connectivity index (χ3v) is 4.56. The SMILES string of the molecule is CNC(=O)CN(C)C(=O)c1sc2ccc(Br)cc2c1N. The summed E-state index contributed by atoms with van der Waals surface area (Å²) in [7, 11) is 3.11. The zero-order valence-electron chi connectivity index (χ0n) is 11.1. The molecule has 0 aliphatic rings. The van der Waals surface area contributed by atoms with E-state index in [1.54, 1.807) is 7.05 Å². The van der Waals surface area contributed by atoms with Gasteiger partial charge in [-0.05, 0) is 18.2 Å². The number of carbonyl (C=O) groups is 2. The summed E-state index contributed by atoms with van der Waals surface area (Å²) in [6.07, 6.45) is 0. The van der Waals surface area contributed by atoms with E-state index in [2.05, 4.69) is 21.2 Å². The number of fused-ring (bicyclic) bond motifs is 1. The van der Waals surface area contributed by atoms with Gasteiger partial charge in [-0.2, -0.15) is 0 Å². The number of hydrogen-bond acceptors (Lipinski definition) is 4. The zero-order chi connectivity index (χ0) is 14.9.